The maximum absolute atomic E-state index is 11.9. The van der Waals surface area contributed by atoms with Gasteiger partial charge in [0.15, 0.2) is 0 Å². The van der Waals surface area contributed by atoms with E-state index < -0.39 is 23.7 Å². The van der Waals surface area contributed by atoms with Crippen LogP contribution in [0.4, 0.5) is 4.79 Å². The zero-order chi connectivity index (χ0) is 22.1. The predicted molar refractivity (Wildman–Crippen MR) is 111 cm³/mol. The van der Waals surface area contributed by atoms with Gasteiger partial charge in [0.25, 0.3) is 0 Å². The number of ether oxygens (including phenoxy) is 2. The second kappa shape index (κ2) is 10.3. The first-order valence-corrected chi connectivity index (χ1v) is 9.37. The number of nitrogens with one attached hydrogen (secondary N) is 1. The Kier molecular flexibility index (Phi) is 7.80. The fraction of sp³-hybridized carbons (Fsp3) is 0.318. The number of nitrogens with zero attached hydrogens (tertiary/aromatic N) is 1. The molecule has 2 aromatic carbocycles. The maximum atomic E-state index is 11.9. The lowest BCUT2D eigenvalue weighted by atomic mass is 10.1. The molecule has 0 aliphatic rings. The molecule has 0 aliphatic heterocycles. The summed E-state index contributed by atoms with van der Waals surface area (Å²) in [5, 5.41) is 23.5. The van der Waals surface area contributed by atoms with Crippen molar-refractivity contribution in [2.24, 2.45) is 5.16 Å². The van der Waals surface area contributed by atoms with E-state index in [2.05, 4.69) is 10.5 Å². The summed E-state index contributed by atoms with van der Waals surface area (Å²) in [4.78, 5) is 22.8. The highest BCUT2D eigenvalue weighted by Gasteiger charge is 2.19. The van der Waals surface area contributed by atoms with Gasteiger partial charge in [-0.1, -0.05) is 29.4 Å². The molecule has 1 atom stereocenters. The highest BCUT2D eigenvalue weighted by Crippen LogP contribution is 2.16. The summed E-state index contributed by atoms with van der Waals surface area (Å²) in [6.07, 6.45) is 1.04. The molecule has 0 saturated heterocycles. The third-order valence-electron chi connectivity index (χ3n) is 3.93. The average Bonchev–Trinajstić information content (AvgIpc) is 2.66. The van der Waals surface area contributed by atoms with Gasteiger partial charge in [0, 0.05) is 0 Å². The third-order valence-corrected chi connectivity index (χ3v) is 3.93. The zero-order valence-corrected chi connectivity index (χ0v) is 17.2. The number of rotatable bonds is 8. The Labute approximate surface area is 175 Å². The number of aromatic carboxylic acids is 1. The Bertz CT molecular complexity index is 870. The Balaban J connectivity index is 1.91. The molecule has 0 aliphatic carbocycles. The van der Waals surface area contributed by atoms with Gasteiger partial charge in [-0.15, -0.1) is 0 Å². The van der Waals surface area contributed by atoms with E-state index in [1.54, 1.807) is 45.0 Å². The summed E-state index contributed by atoms with van der Waals surface area (Å²) in [5.74, 6) is -0.322. The zero-order valence-electron chi connectivity index (χ0n) is 17.2. The molecule has 0 spiro atoms. The van der Waals surface area contributed by atoms with Gasteiger partial charge in [-0.2, -0.15) is 0 Å². The van der Waals surface area contributed by atoms with Crippen LogP contribution in [0.2, 0.25) is 0 Å². The minimum absolute atomic E-state index is 0.226. The summed E-state index contributed by atoms with van der Waals surface area (Å²) >= 11 is 0. The van der Waals surface area contributed by atoms with E-state index >= 15 is 0 Å². The van der Waals surface area contributed by atoms with Crippen LogP contribution in [0.1, 0.15) is 42.3 Å². The number of alkyl carbamates (subject to hydrolysis) is 1. The normalized spacial score (nSPS) is 12.4. The van der Waals surface area contributed by atoms with Crippen LogP contribution < -0.4 is 10.1 Å². The van der Waals surface area contributed by atoms with Gasteiger partial charge >= 0.3 is 12.1 Å². The van der Waals surface area contributed by atoms with Crippen molar-refractivity contribution in [1.29, 1.82) is 0 Å². The van der Waals surface area contributed by atoms with Crippen LogP contribution in [0.3, 0.4) is 0 Å². The molecule has 0 radical (unpaired) electrons. The van der Waals surface area contributed by atoms with Gasteiger partial charge in [-0.05, 0) is 62.6 Å². The van der Waals surface area contributed by atoms with Crippen molar-refractivity contribution in [3.05, 3.63) is 65.2 Å². The van der Waals surface area contributed by atoms with Crippen LogP contribution in [-0.2, 0) is 17.8 Å². The number of carbonyl (C=O) groups is 2. The largest absolute Gasteiger partial charge is 0.489 e. The van der Waals surface area contributed by atoms with Gasteiger partial charge in [0.05, 0.1) is 17.8 Å². The van der Waals surface area contributed by atoms with Crippen LogP contribution in [-0.4, -0.2) is 40.2 Å². The molecule has 8 heteroatoms. The van der Waals surface area contributed by atoms with Crippen molar-refractivity contribution in [2.45, 2.75) is 45.4 Å². The van der Waals surface area contributed by atoms with Crippen LogP contribution in [0, 0.1) is 0 Å². The third kappa shape index (κ3) is 7.83. The van der Waals surface area contributed by atoms with E-state index in [1.807, 2.05) is 12.1 Å². The number of carbonyl (C=O) groups excluding carboxylic acids is 1. The molecule has 3 N–H and O–H groups in total. The lowest BCUT2D eigenvalue weighted by molar-refractivity contribution is 0.0518. The van der Waals surface area contributed by atoms with Crippen LogP contribution in [0.15, 0.2) is 53.7 Å². The van der Waals surface area contributed by atoms with Gasteiger partial charge < -0.3 is 25.1 Å². The number of hydrogen-bond acceptors (Lipinski definition) is 6. The second-order valence-electron chi connectivity index (χ2n) is 7.66. The number of amides is 1. The Morgan fingerprint density at radius 3 is 2.20 bits per heavy atom. The molecule has 0 heterocycles. The summed E-state index contributed by atoms with van der Waals surface area (Å²) in [6, 6.07) is 13.2. The standard InChI is InChI=1S/C22H26N2O6/c1-22(2,3)30-21(27)24-18(13-23-28)12-15-6-10-19(11-7-15)29-14-16-4-8-17(9-5-16)20(25)26/h4-11,13,18,28H,12,14H2,1-3H3,(H,24,27)(H,25,26). The van der Waals surface area contributed by atoms with Gasteiger partial charge in [-0.25, -0.2) is 9.59 Å². The first-order chi connectivity index (χ1) is 14.2. The van der Waals surface area contributed by atoms with Crippen molar-refractivity contribution >= 4 is 18.3 Å². The van der Waals surface area contributed by atoms with E-state index in [9.17, 15) is 9.59 Å². The molecule has 1 amide bonds. The molecule has 0 saturated carbocycles. The lowest BCUT2D eigenvalue weighted by Crippen LogP contribution is -2.41. The van der Waals surface area contributed by atoms with Crippen LogP contribution in [0.5, 0.6) is 5.75 Å². The van der Waals surface area contributed by atoms with Crippen molar-refractivity contribution in [1.82, 2.24) is 5.32 Å². The monoisotopic (exact) mass is 414 g/mol. The highest BCUT2D eigenvalue weighted by atomic mass is 16.6. The summed E-state index contributed by atoms with van der Waals surface area (Å²) in [5.41, 5.74) is 1.35. The molecular formula is C22H26N2O6. The van der Waals surface area contributed by atoms with E-state index in [-0.39, 0.29) is 5.56 Å². The molecule has 0 aromatic heterocycles. The van der Waals surface area contributed by atoms with E-state index in [0.717, 1.165) is 11.1 Å². The van der Waals surface area contributed by atoms with E-state index in [0.29, 0.717) is 18.8 Å². The first kappa shape index (κ1) is 22.7. The Morgan fingerprint density at radius 2 is 1.67 bits per heavy atom. The fourth-order valence-electron chi connectivity index (χ4n) is 2.57. The molecule has 2 aromatic rings. The maximum Gasteiger partial charge on any atom is 0.408 e. The lowest BCUT2D eigenvalue weighted by Gasteiger charge is -2.22. The predicted octanol–water partition coefficient (Wildman–Crippen LogP) is 3.86. The molecule has 8 nitrogen and oxygen atoms in total. The van der Waals surface area contributed by atoms with E-state index in [1.165, 1.54) is 18.3 Å². The van der Waals surface area contributed by atoms with Crippen molar-refractivity contribution in [2.75, 3.05) is 0 Å². The minimum atomic E-state index is -0.969. The van der Waals surface area contributed by atoms with Crippen molar-refractivity contribution in [3.8, 4) is 5.75 Å². The second-order valence-corrected chi connectivity index (χ2v) is 7.66. The SMILES string of the molecule is CC(C)(C)OC(=O)NC(C=NO)Cc1ccc(OCc2ccc(C(=O)O)cc2)cc1. The quantitative estimate of drug-likeness (QED) is 0.343. The topological polar surface area (TPSA) is 117 Å². The highest BCUT2D eigenvalue weighted by molar-refractivity contribution is 5.87. The molecule has 0 fully saturated rings. The number of carboxylic acids is 1. The summed E-state index contributed by atoms with van der Waals surface area (Å²) < 4.78 is 10.9. The smallest absolute Gasteiger partial charge is 0.408 e. The molecule has 1 unspecified atom stereocenters. The molecular weight excluding hydrogens is 388 g/mol. The van der Waals surface area contributed by atoms with Crippen molar-refractivity contribution < 1.29 is 29.4 Å². The summed E-state index contributed by atoms with van der Waals surface area (Å²) in [7, 11) is 0. The summed E-state index contributed by atoms with van der Waals surface area (Å²) in [6.45, 7) is 5.60. The number of hydrogen-bond donors (Lipinski definition) is 3. The van der Waals surface area contributed by atoms with Crippen LogP contribution >= 0.6 is 0 Å². The van der Waals surface area contributed by atoms with Gasteiger partial charge in [0.2, 0.25) is 0 Å². The van der Waals surface area contributed by atoms with Gasteiger partial charge in [-0.3, -0.25) is 0 Å². The number of benzene rings is 2. The molecule has 30 heavy (non-hydrogen) atoms. The molecule has 0 bridgehead atoms. The first-order valence-electron chi connectivity index (χ1n) is 9.37. The average molecular weight is 414 g/mol. The molecule has 2 rings (SSSR count). The fourth-order valence-corrected chi connectivity index (χ4v) is 2.57. The number of oxime groups is 1. The molecule has 160 valence electrons. The minimum Gasteiger partial charge on any atom is -0.489 e. The number of carboxylic acid groups (broad SMARTS) is 1. The van der Waals surface area contributed by atoms with Crippen molar-refractivity contribution in [3.63, 3.8) is 0 Å². The van der Waals surface area contributed by atoms with Gasteiger partial charge in [0.1, 0.15) is 18.0 Å². The Morgan fingerprint density at radius 1 is 1.07 bits per heavy atom. The van der Waals surface area contributed by atoms with E-state index in [4.69, 9.17) is 19.8 Å². The Hall–Kier alpha value is -3.55. The van der Waals surface area contributed by atoms with Crippen LogP contribution in [0.25, 0.3) is 0 Å².